The first-order valence-corrected chi connectivity index (χ1v) is 10.2. The zero-order valence-corrected chi connectivity index (χ0v) is 18.2. The van der Waals surface area contributed by atoms with Crippen LogP contribution in [0.3, 0.4) is 0 Å². The second-order valence-electron chi connectivity index (χ2n) is 7.90. The van der Waals surface area contributed by atoms with Gasteiger partial charge in [0.1, 0.15) is 11.4 Å². The summed E-state index contributed by atoms with van der Waals surface area (Å²) in [5.74, 6) is 1.73. The summed E-state index contributed by atoms with van der Waals surface area (Å²) in [5, 5.41) is 11.6. The van der Waals surface area contributed by atoms with Crippen molar-refractivity contribution < 1.29 is 4.74 Å². The molecule has 1 aromatic heterocycles. The van der Waals surface area contributed by atoms with Gasteiger partial charge in [-0.1, -0.05) is 54.1 Å². The van der Waals surface area contributed by atoms with Crippen LogP contribution >= 0.6 is 0 Å². The fourth-order valence-corrected chi connectivity index (χ4v) is 4.23. The smallest absolute Gasteiger partial charge is 0.159 e. The van der Waals surface area contributed by atoms with Crippen LogP contribution in [0.15, 0.2) is 60.7 Å². The van der Waals surface area contributed by atoms with E-state index in [-0.39, 0.29) is 0 Å². The average Bonchev–Trinajstić information content (AvgIpc) is 2.73. The molecule has 4 rings (SSSR count). The zero-order chi connectivity index (χ0) is 21.3. The van der Waals surface area contributed by atoms with Crippen molar-refractivity contribution in [3.63, 3.8) is 0 Å². The molecule has 0 amide bonds. The lowest BCUT2D eigenvalue weighted by Crippen LogP contribution is -2.19. The molecule has 1 heterocycles. The molecule has 0 saturated heterocycles. The summed E-state index contributed by atoms with van der Waals surface area (Å²) >= 11 is 0. The van der Waals surface area contributed by atoms with Gasteiger partial charge in [0.15, 0.2) is 5.82 Å². The number of ether oxygens (including phenoxy) is 1. The van der Waals surface area contributed by atoms with E-state index in [1.54, 1.807) is 7.11 Å². The molecule has 4 nitrogen and oxygen atoms in total. The lowest BCUT2D eigenvalue weighted by Gasteiger charge is -2.21. The molecule has 3 aromatic carbocycles. The van der Waals surface area contributed by atoms with Gasteiger partial charge < -0.3 is 9.64 Å². The molecule has 0 atom stereocenters. The normalized spacial score (nSPS) is 11.0. The third-order valence-electron chi connectivity index (χ3n) is 5.50. The Morgan fingerprint density at radius 2 is 1.53 bits per heavy atom. The van der Waals surface area contributed by atoms with Crippen LogP contribution in [0.5, 0.6) is 5.75 Å². The van der Waals surface area contributed by atoms with Crippen molar-refractivity contribution in [2.45, 2.75) is 27.3 Å². The molecule has 0 bridgehead atoms. The van der Waals surface area contributed by atoms with Crippen LogP contribution in [0.25, 0.3) is 22.0 Å². The van der Waals surface area contributed by atoms with Gasteiger partial charge in [0.05, 0.1) is 7.11 Å². The minimum absolute atomic E-state index is 0.720. The summed E-state index contributed by atoms with van der Waals surface area (Å²) in [7, 11) is 3.74. The Balaban J connectivity index is 1.80. The number of hydrogen-bond acceptors (Lipinski definition) is 4. The van der Waals surface area contributed by atoms with Gasteiger partial charge in [-0.15, -0.1) is 10.2 Å². The summed E-state index contributed by atoms with van der Waals surface area (Å²) in [6.45, 7) is 7.14. The Kier molecular flexibility index (Phi) is 5.40. The van der Waals surface area contributed by atoms with E-state index in [9.17, 15) is 0 Å². The van der Waals surface area contributed by atoms with E-state index >= 15 is 0 Å². The van der Waals surface area contributed by atoms with Crippen LogP contribution in [0.4, 0.5) is 5.82 Å². The number of nitrogens with zero attached hydrogens (tertiary/aromatic N) is 3. The summed E-state index contributed by atoms with van der Waals surface area (Å²) in [6, 6.07) is 20.9. The second kappa shape index (κ2) is 8.15. The highest BCUT2D eigenvalue weighted by atomic mass is 16.5. The average molecular weight is 398 g/mol. The number of aromatic nitrogens is 2. The maximum atomic E-state index is 5.36. The Morgan fingerprint density at radius 1 is 0.833 bits per heavy atom. The highest BCUT2D eigenvalue weighted by Gasteiger charge is 2.17. The van der Waals surface area contributed by atoms with Gasteiger partial charge in [0.2, 0.25) is 0 Å². The van der Waals surface area contributed by atoms with Crippen LogP contribution in [0.2, 0.25) is 0 Å². The molecule has 0 radical (unpaired) electrons. The van der Waals surface area contributed by atoms with Crippen LogP contribution < -0.4 is 9.64 Å². The molecular weight excluding hydrogens is 370 g/mol. The maximum absolute atomic E-state index is 5.36. The van der Waals surface area contributed by atoms with Crippen LogP contribution in [0, 0.1) is 20.8 Å². The van der Waals surface area contributed by atoms with Crippen molar-refractivity contribution in [1.82, 2.24) is 10.2 Å². The summed E-state index contributed by atoms with van der Waals surface area (Å²) in [4.78, 5) is 2.14. The SMILES string of the molecule is COc1cccc(CN(C)c2nnc(-c3c(C)cc(C)cc3C)c3ccccc23)c1. The van der Waals surface area contributed by atoms with Crippen LogP contribution in [-0.2, 0) is 6.54 Å². The monoisotopic (exact) mass is 397 g/mol. The Bertz CT molecular complexity index is 1190. The van der Waals surface area contributed by atoms with E-state index in [1.165, 1.54) is 22.3 Å². The number of fused-ring (bicyclic) bond motifs is 1. The predicted octanol–water partition coefficient (Wildman–Crippen LogP) is 5.87. The zero-order valence-electron chi connectivity index (χ0n) is 18.2. The van der Waals surface area contributed by atoms with Crippen LogP contribution in [-0.4, -0.2) is 24.4 Å². The van der Waals surface area contributed by atoms with Gasteiger partial charge in [-0.05, 0) is 49.6 Å². The van der Waals surface area contributed by atoms with Gasteiger partial charge in [-0.25, -0.2) is 0 Å². The number of aryl methyl sites for hydroxylation is 3. The molecule has 4 aromatic rings. The largest absolute Gasteiger partial charge is 0.497 e. The van der Waals surface area contributed by atoms with E-state index in [1.807, 2.05) is 12.1 Å². The van der Waals surface area contributed by atoms with Gasteiger partial charge >= 0.3 is 0 Å². The molecular formula is C26H27N3O. The predicted molar refractivity (Wildman–Crippen MR) is 124 cm³/mol. The fraction of sp³-hybridized carbons (Fsp3) is 0.231. The molecule has 30 heavy (non-hydrogen) atoms. The fourth-order valence-electron chi connectivity index (χ4n) is 4.23. The van der Waals surface area contributed by atoms with Crippen molar-refractivity contribution in [1.29, 1.82) is 0 Å². The Morgan fingerprint density at radius 3 is 2.23 bits per heavy atom. The van der Waals surface area contributed by atoms with Gasteiger partial charge in [-0.2, -0.15) is 0 Å². The molecule has 152 valence electrons. The first-order valence-electron chi connectivity index (χ1n) is 10.2. The molecule has 0 spiro atoms. The van der Waals surface area contributed by atoms with E-state index < -0.39 is 0 Å². The van der Waals surface area contributed by atoms with Crippen molar-refractivity contribution >= 4 is 16.6 Å². The number of rotatable bonds is 5. The first kappa shape index (κ1) is 19.9. The van der Waals surface area contributed by atoms with Crippen molar-refractivity contribution in [3.05, 3.63) is 82.9 Å². The van der Waals surface area contributed by atoms with Crippen molar-refractivity contribution in [3.8, 4) is 17.0 Å². The quantitative estimate of drug-likeness (QED) is 0.422. The van der Waals surface area contributed by atoms with Crippen molar-refractivity contribution in [2.75, 3.05) is 19.1 Å². The highest BCUT2D eigenvalue weighted by molar-refractivity contribution is 6.01. The number of anilines is 1. The standard InChI is InChI=1S/C26H27N3O/c1-17-13-18(2)24(19(3)14-17)25-22-11-6-7-12-23(22)26(28-27-25)29(4)16-20-9-8-10-21(15-20)30-5/h6-15H,16H2,1-5H3. The summed E-state index contributed by atoms with van der Waals surface area (Å²) in [6.07, 6.45) is 0. The molecule has 0 aliphatic rings. The molecule has 4 heteroatoms. The molecule has 0 aliphatic heterocycles. The maximum Gasteiger partial charge on any atom is 0.159 e. The van der Waals surface area contributed by atoms with Gasteiger partial charge in [-0.3, -0.25) is 0 Å². The van der Waals surface area contributed by atoms with E-state index in [0.29, 0.717) is 0 Å². The van der Waals surface area contributed by atoms with E-state index in [2.05, 4.69) is 86.3 Å². The lowest BCUT2D eigenvalue weighted by atomic mass is 9.94. The first-order chi connectivity index (χ1) is 14.5. The Labute approximate surface area is 178 Å². The number of methoxy groups -OCH3 is 1. The minimum Gasteiger partial charge on any atom is -0.497 e. The third-order valence-corrected chi connectivity index (χ3v) is 5.50. The molecule has 0 N–H and O–H groups in total. The lowest BCUT2D eigenvalue weighted by molar-refractivity contribution is 0.414. The topological polar surface area (TPSA) is 38.2 Å². The number of hydrogen-bond donors (Lipinski definition) is 0. The second-order valence-corrected chi connectivity index (χ2v) is 7.90. The minimum atomic E-state index is 0.720. The molecule has 0 unspecified atom stereocenters. The Hall–Kier alpha value is -3.40. The molecule has 0 saturated carbocycles. The summed E-state index contributed by atoms with van der Waals surface area (Å²) < 4.78 is 5.36. The highest BCUT2D eigenvalue weighted by Crippen LogP contribution is 2.35. The molecule has 0 aliphatic carbocycles. The van der Waals surface area contributed by atoms with Crippen LogP contribution in [0.1, 0.15) is 22.3 Å². The van der Waals surface area contributed by atoms with Crippen molar-refractivity contribution in [2.24, 2.45) is 0 Å². The molecule has 0 fully saturated rings. The van der Waals surface area contributed by atoms with E-state index in [0.717, 1.165) is 40.1 Å². The van der Waals surface area contributed by atoms with Gasteiger partial charge in [0, 0.05) is 29.9 Å². The van der Waals surface area contributed by atoms with E-state index in [4.69, 9.17) is 9.84 Å². The summed E-state index contributed by atoms with van der Waals surface area (Å²) in [5.41, 5.74) is 7.00. The number of benzene rings is 3. The van der Waals surface area contributed by atoms with Gasteiger partial charge in [0.25, 0.3) is 0 Å². The third kappa shape index (κ3) is 3.73.